The lowest BCUT2D eigenvalue weighted by Crippen LogP contribution is -2.39. The number of benzene rings is 1. The van der Waals surface area contributed by atoms with Crippen LogP contribution in [0.15, 0.2) is 29.2 Å². The summed E-state index contributed by atoms with van der Waals surface area (Å²) in [4.78, 5) is 13.8. The van der Waals surface area contributed by atoms with Gasteiger partial charge in [0.1, 0.15) is 0 Å². The number of carbonyl (C=O) groups excluding carboxylic acids is 1. The molecular weight excluding hydrogens is 326 g/mol. The van der Waals surface area contributed by atoms with Crippen LogP contribution in [-0.4, -0.2) is 45.9 Å². The quantitative estimate of drug-likeness (QED) is 0.760. The fourth-order valence-corrected chi connectivity index (χ4v) is 2.51. The van der Waals surface area contributed by atoms with E-state index in [0.717, 1.165) is 5.56 Å². The average molecular weight is 350 g/mol. The number of aryl methyl sites for hydroxylation is 1. The standard InChI is InChI=1S/C14H23N3O3S.ClH/c1-11(10-15)17(3)14(18)9-6-12-4-7-13(8-5-12)21(19,20)16-2;/h4-5,7-8,11,16H,6,9-10,15H2,1-3H3;1H. The molecule has 0 saturated carbocycles. The molecule has 0 saturated heterocycles. The van der Waals surface area contributed by atoms with E-state index < -0.39 is 10.0 Å². The summed E-state index contributed by atoms with van der Waals surface area (Å²) >= 11 is 0. The summed E-state index contributed by atoms with van der Waals surface area (Å²) < 4.78 is 25.4. The fraction of sp³-hybridized carbons (Fsp3) is 0.500. The van der Waals surface area contributed by atoms with Crippen molar-refractivity contribution in [2.24, 2.45) is 5.73 Å². The Hall–Kier alpha value is -1.15. The van der Waals surface area contributed by atoms with Gasteiger partial charge in [0, 0.05) is 26.1 Å². The minimum Gasteiger partial charge on any atom is -0.342 e. The van der Waals surface area contributed by atoms with E-state index in [0.29, 0.717) is 19.4 Å². The van der Waals surface area contributed by atoms with Crippen molar-refractivity contribution in [2.45, 2.75) is 30.7 Å². The van der Waals surface area contributed by atoms with Crippen LogP contribution in [0, 0.1) is 0 Å². The van der Waals surface area contributed by atoms with Crippen LogP contribution >= 0.6 is 12.4 Å². The normalized spacial score (nSPS) is 12.4. The zero-order chi connectivity index (χ0) is 16.0. The van der Waals surface area contributed by atoms with Crippen LogP contribution < -0.4 is 10.5 Å². The molecule has 22 heavy (non-hydrogen) atoms. The molecule has 0 spiro atoms. The molecule has 0 aromatic heterocycles. The molecule has 0 fully saturated rings. The van der Waals surface area contributed by atoms with Gasteiger partial charge in [-0.1, -0.05) is 12.1 Å². The molecule has 0 heterocycles. The molecule has 3 N–H and O–H groups in total. The minimum absolute atomic E-state index is 0. The number of nitrogens with one attached hydrogen (secondary N) is 1. The molecule has 1 atom stereocenters. The van der Waals surface area contributed by atoms with Gasteiger partial charge in [0.15, 0.2) is 0 Å². The second kappa shape index (κ2) is 9.09. The number of likely N-dealkylation sites (N-methyl/N-ethyl adjacent to an activating group) is 1. The van der Waals surface area contributed by atoms with Crippen LogP contribution in [-0.2, 0) is 21.2 Å². The van der Waals surface area contributed by atoms with E-state index in [-0.39, 0.29) is 29.3 Å². The topological polar surface area (TPSA) is 92.5 Å². The van der Waals surface area contributed by atoms with Crippen molar-refractivity contribution < 1.29 is 13.2 Å². The van der Waals surface area contributed by atoms with E-state index in [9.17, 15) is 13.2 Å². The third-order valence-corrected chi connectivity index (χ3v) is 4.96. The van der Waals surface area contributed by atoms with Crippen molar-refractivity contribution in [3.05, 3.63) is 29.8 Å². The second-order valence-electron chi connectivity index (χ2n) is 4.94. The average Bonchev–Trinajstić information content (AvgIpc) is 2.51. The summed E-state index contributed by atoms with van der Waals surface area (Å²) in [5.41, 5.74) is 6.46. The summed E-state index contributed by atoms with van der Waals surface area (Å²) in [6.45, 7) is 2.33. The molecule has 0 radical (unpaired) electrons. The Kier molecular flexibility index (Phi) is 8.62. The lowest BCUT2D eigenvalue weighted by molar-refractivity contribution is -0.131. The van der Waals surface area contributed by atoms with Gasteiger partial charge < -0.3 is 10.6 Å². The SMILES string of the molecule is CNS(=O)(=O)c1ccc(CCC(=O)N(C)C(C)CN)cc1.Cl. The van der Waals surface area contributed by atoms with Crippen molar-refractivity contribution in [2.75, 3.05) is 20.6 Å². The van der Waals surface area contributed by atoms with Gasteiger partial charge in [0.25, 0.3) is 0 Å². The highest BCUT2D eigenvalue weighted by Gasteiger charge is 2.14. The first kappa shape index (κ1) is 20.9. The number of carbonyl (C=O) groups is 1. The van der Waals surface area contributed by atoms with Crippen molar-refractivity contribution in [1.82, 2.24) is 9.62 Å². The Labute approximate surface area is 138 Å². The van der Waals surface area contributed by atoms with Crippen molar-refractivity contribution in [1.29, 1.82) is 0 Å². The summed E-state index contributed by atoms with van der Waals surface area (Å²) in [6.07, 6.45) is 0.944. The van der Waals surface area contributed by atoms with E-state index >= 15 is 0 Å². The summed E-state index contributed by atoms with van der Waals surface area (Å²) in [7, 11) is -0.303. The Morgan fingerprint density at radius 3 is 2.32 bits per heavy atom. The predicted molar refractivity (Wildman–Crippen MR) is 89.5 cm³/mol. The van der Waals surface area contributed by atoms with Crippen molar-refractivity contribution >= 4 is 28.3 Å². The fourth-order valence-electron chi connectivity index (χ4n) is 1.78. The molecule has 1 aromatic carbocycles. The summed E-state index contributed by atoms with van der Waals surface area (Å²) in [5.74, 6) is 0.0277. The molecule has 1 aromatic rings. The number of sulfonamides is 1. The van der Waals surface area contributed by atoms with E-state index in [2.05, 4.69) is 4.72 Å². The van der Waals surface area contributed by atoms with Crippen molar-refractivity contribution in [3.63, 3.8) is 0 Å². The maximum atomic E-state index is 12.0. The Balaban J connectivity index is 0.00000441. The predicted octanol–water partition coefficient (Wildman–Crippen LogP) is 0.755. The van der Waals surface area contributed by atoms with Gasteiger partial charge in [0.2, 0.25) is 15.9 Å². The number of halogens is 1. The highest BCUT2D eigenvalue weighted by atomic mass is 35.5. The number of nitrogens with zero attached hydrogens (tertiary/aromatic N) is 1. The van der Waals surface area contributed by atoms with Crippen molar-refractivity contribution in [3.8, 4) is 0 Å². The Bertz CT molecular complexity index is 576. The Morgan fingerprint density at radius 1 is 1.32 bits per heavy atom. The molecule has 8 heteroatoms. The van der Waals surface area contributed by atoms with Crippen LogP contribution in [0.25, 0.3) is 0 Å². The smallest absolute Gasteiger partial charge is 0.240 e. The first-order valence-electron chi connectivity index (χ1n) is 6.80. The van der Waals surface area contributed by atoms with Gasteiger partial charge in [-0.3, -0.25) is 4.79 Å². The van der Waals surface area contributed by atoms with Gasteiger partial charge in [0.05, 0.1) is 4.90 Å². The molecular formula is C14H24ClN3O3S. The largest absolute Gasteiger partial charge is 0.342 e. The van der Waals surface area contributed by atoms with Crippen LogP contribution in [0.4, 0.5) is 0 Å². The van der Waals surface area contributed by atoms with Gasteiger partial charge in [-0.2, -0.15) is 0 Å². The zero-order valence-corrected chi connectivity index (χ0v) is 14.7. The summed E-state index contributed by atoms with van der Waals surface area (Å²) in [5, 5.41) is 0. The molecule has 0 aliphatic carbocycles. The van der Waals surface area contributed by atoms with Crippen LogP contribution in [0.1, 0.15) is 18.9 Å². The maximum absolute atomic E-state index is 12.0. The monoisotopic (exact) mass is 349 g/mol. The van der Waals surface area contributed by atoms with Gasteiger partial charge in [-0.25, -0.2) is 13.1 Å². The van der Waals surface area contributed by atoms with Gasteiger partial charge in [-0.05, 0) is 38.1 Å². The van der Waals surface area contributed by atoms with Gasteiger partial charge in [-0.15, -0.1) is 12.4 Å². The number of nitrogens with two attached hydrogens (primary N) is 1. The van der Waals surface area contributed by atoms with Gasteiger partial charge >= 0.3 is 0 Å². The summed E-state index contributed by atoms with van der Waals surface area (Å²) in [6, 6.07) is 6.55. The Morgan fingerprint density at radius 2 is 1.86 bits per heavy atom. The number of hydrogen-bond donors (Lipinski definition) is 2. The first-order valence-corrected chi connectivity index (χ1v) is 8.28. The molecule has 1 amide bonds. The third-order valence-electron chi connectivity index (χ3n) is 3.53. The minimum atomic E-state index is -3.41. The van der Waals surface area contributed by atoms with E-state index in [1.54, 1.807) is 24.1 Å². The molecule has 0 bridgehead atoms. The van der Waals surface area contributed by atoms with Crippen LogP contribution in [0.5, 0.6) is 0 Å². The highest BCUT2D eigenvalue weighted by molar-refractivity contribution is 7.89. The van der Waals surface area contributed by atoms with E-state index in [1.165, 1.54) is 19.2 Å². The highest BCUT2D eigenvalue weighted by Crippen LogP contribution is 2.12. The molecule has 126 valence electrons. The van der Waals surface area contributed by atoms with E-state index in [4.69, 9.17) is 5.73 Å². The number of rotatable bonds is 7. The van der Waals surface area contributed by atoms with Crippen LogP contribution in [0.2, 0.25) is 0 Å². The molecule has 6 nitrogen and oxygen atoms in total. The lowest BCUT2D eigenvalue weighted by atomic mass is 10.1. The first-order chi connectivity index (χ1) is 9.81. The maximum Gasteiger partial charge on any atom is 0.240 e. The zero-order valence-electron chi connectivity index (χ0n) is 13.1. The van der Waals surface area contributed by atoms with Crippen LogP contribution in [0.3, 0.4) is 0 Å². The molecule has 0 aliphatic heterocycles. The molecule has 1 rings (SSSR count). The number of amides is 1. The molecule has 1 unspecified atom stereocenters. The third kappa shape index (κ3) is 5.57. The second-order valence-corrected chi connectivity index (χ2v) is 6.83. The van der Waals surface area contributed by atoms with E-state index in [1.807, 2.05) is 6.92 Å². The lowest BCUT2D eigenvalue weighted by Gasteiger charge is -2.23. The number of hydrogen-bond acceptors (Lipinski definition) is 4. The molecule has 0 aliphatic rings.